The number of anilines is 1. The number of imidazole rings is 1. The van der Waals surface area contributed by atoms with Crippen LogP contribution in [0.15, 0.2) is 54.9 Å². The third-order valence-electron chi connectivity index (χ3n) is 5.30. The second kappa shape index (κ2) is 8.16. The molecule has 2 aromatic carbocycles. The van der Waals surface area contributed by atoms with Gasteiger partial charge in [-0.05, 0) is 24.1 Å². The molecular weight excluding hydrogens is 390 g/mol. The molecule has 3 heterocycles. The quantitative estimate of drug-likeness (QED) is 0.395. The Morgan fingerprint density at radius 2 is 1.97 bits per heavy atom. The summed E-state index contributed by atoms with van der Waals surface area (Å²) in [6.07, 6.45) is 3.06. The molecule has 0 atom stereocenters. The zero-order chi connectivity index (χ0) is 21.2. The normalized spacial score (nSPS) is 11.5. The van der Waals surface area contributed by atoms with Crippen LogP contribution in [0.2, 0.25) is 0 Å². The number of methoxy groups -OCH3 is 1. The number of nitrogens with two attached hydrogens (primary N) is 1. The van der Waals surface area contributed by atoms with Crippen LogP contribution in [0.3, 0.4) is 0 Å². The van der Waals surface area contributed by atoms with Crippen LogP contribution in [-0.4, -0.2) is 43.4 Å². The molecule has 8 heteroatoms. The van der Waals surface area contributed by atoms with Gasteiger partial charge in [0.1, 0.15) is 23.7 Å². The summed E-state index contributed by atoms with van der Waals surface area (Å²) in [6, 6.07) is 16.4. The number of benzene rings is 2. The molecule has 5 rings (SSSR count). The van der Waals surface area contributed by atoms with E-state index in [9.17, 15) is 0 Å². The van der Waals surface area contributed by atoms with E-state index >= 15 is 0 Å². The van der Waals surface area contributed by atoms with Gasteiger partial charge in [0.05, 0.1) is 16.4 Å². The van der Waals surface area contributed by atoms with E-state index in [-0.39, 0.29) is 0 Å². The smallest absolute Gasteiger partial charge is 0.163 e. The number of fused-ring (bicyclic) bond motifs is 2. The topological polar surface area (TPSA) is 108 Å². The van der Waals surface area contributed by atoms with Crippen molar-refractivity contribution in [3.05, 3.63) is 66.2 Å². The summed E-state index contributed by atoms with van der Waals surface area (Å²) in [7, 11) is 1.69. The van der Waals surface area contributed by atoms with Crippen LogP contribution in [0.1, 0.15) is 17.8 Å². The number of aromatic nitrogens is 6. The Hall–Kier alpha value is -3.78. The number of aromatic amines is 1. The largest absolute Gasteiger partial charge is 0.385 e. The molecule has 0 amide bonds. The average Bonchev–Trinajstić information content (AvgIpc) is 3.36. The van der Waals surface area contributed by atoms with Gasteiger partial charge >= 0.3 is 0 Å². The number of nitrogen functional groups attached to an aromatic ring is 1. The Morgan fingerprint density at radius 3 is 2.81 bits per heavy atom. The van der Waals surface area contributed by atoms with Crippen molar-refractivity contribution < 1.29 is 4.74 Å². The number of nitrogens with zero attached hydrogens (tertiary/aromatic N) is 5. The lowest BCUT2D eigenvalue weighted by Crippen LogP contribution is -2.04. The van der Waals surface area contributed by atoms with Crippen molar-refractivity contribution in [2.24, 2.45) is 0 Å². The highest BCUT2D eigenvalue weighted by atomic mass is 16.5. The van der Waals surface area contributed by atoms with Gasteiger partial charge in [0.25, 0.3) is 0 Å². The molecule has 0 radical (unpaired) electrons. The fourth-order valence-corrected chi connectivity index (χ4v) is 3.83. The maximum absolute atomic E-state index is 6.21. The van der Waals surface area contributed by atoms with Gasteiger partial charge in [-0.2, -0.15) is 5.10 Å². The van der Waals surface area contributed by atoms with Crippen molar-refractivity contribution in [2.45, 2.75) is 19.4 Å². The van der Waals surface area contributed by atoms with E-state index in [0.29, 0.717) is 19.0 Å². The second-order valence-electron chi connectivity index (χ2n) is 7.45. The zero-order valence-electron chi connectivity index (χ0n) is 17.2. The van der Waals surface area contributed by atoms with Crippen LogP contribution < -0.4 is 5.73 Å². The Labute approximate surface area is 179 Å². The fourth-order valence-electron chi connectivity index (χ4n) is 3.83. The average molecular weight is 413 g/mol. The van der Waals surface area contributed by atoms with Crippen molar-refractivity contribution in [1.82, 2.24) is 29.7 Å². The van der Waals surface area contributed by atoms with Crippen LogP contribution in [0.25, 0.3) is 33.3 Å². The number of aryl methyl sites for hydroxylation is 1. The molecule has 0 saturated heterocycles. The third-order valence-corrected chi connectivity index (χ3v) is 5.30. The molecule has 0 aliphatic carbocycles. The van der Waals surface area contributed by atoms with E-state index in [4.69, 9.17) is 20.6 Å². The summed E-state index contributed by atoms with van der Waals surface area (Å²) in [4.78, 5) is 16.8. The maximum atomic E-state index is 6.21. The predicted molar refractivity (Wildman–Crippen MR) is 121 cm³/mol. The van der Waals surface area contributed by atoms with Gasteiger partial charge in [-0.15, -0.1) is 0 Å². The maximum Gasteiger partial charge on any atom is 0.163 e. The summed E-state index contributed by atoms with van der Waals surface area (Å²) in [6.45, 7) is 1.34. The molecule has 0 aliphatic heterocycles. The Morgan fingerprint density at radius 1 is 1.10 bits per heavy atom. The minimum absolute atomic E-state index is 0.421. The Bertz CT molecular complexity index is 1340. The van der Waals surface area contributed by atoms with Gasteiger partial charge in [-0.3, -0.25) is 0 Å². The molecule has 3 N–H and O–H groups in total. The lowest BCUT2D eigenvalue weighted by Gasteiger charge is -2.01. The van der Waals surface area contributed by atoms with Crippen LogP contribution >= 0.6 is 0 Å². The SMILES string of the molecule is COCCCn1nc(-c2ccc3[nH]c(Cc4ccccc4)nc3c2)c2c(N)ncnc21. The van der Waals surface area contributed by atoms with Crippen LogP contribution in [0.4, 0.5) is 5.82 Å². The minimum atomic E-state index is 0.421. The lowest BCUT2D eigenvalue weighted by atomic mass is 10.1. The van der Waals surface area contributed by atoms with Crippen molar-refractivity contribution in [3.63, 3.8) is 0 Å². The predicted octanol–water partition coefficient (Wildman–Crippen LogP) is 3.58. The Kier molecular flexibility index (Phi) is 5.05. The van der Waals surface area contributed by atoms with Crippen molar-refractivity contribution >= 4 is 27.9 Å². The fraction of sp³-hybridized carbons (Fsp3) is 0.217. The zero-order valence-corrected chi connectivity index (χ0v) is 17.2. The molecule has 0 unspecified atom stereocenters. The number of ether oxygens (including phenoxy) is 1. The number of rotatable bonds is 7. The van der Waals surface area contributed by atoms with Crippen LogP contribution in [0.5, 0.6) is 0 Å². The summed E-state index contributed by atoms with van der Waals surface area (Å²) in [5.41, 5.74) is 11.7. The van der Waals surface area contributed by atoms with E-state index in [2.05, 4.69) is 27.1 Å². The minimum Gasteiger partial charge on any atom is -0.385 e. The van der Waals surface area contributed by atoms with E-state index in [1.807, 2.05) is 41.1 Å². The van der Waals surface area contributed by atoms with E-state index in [1.165, 1.54) is 11.9 Å². The highest BCUT2D eigenvalue weighted by Crippen LogP contribution is 2.31. The number of hydrogen-bond donors (Lipinski definition) is 2. The molecule has 3 aromatic heterocycles. The first-order valence-corrected chi connectivity index (χ1v) is 10.2. The Balaban J connectivity index is 1.54. The molecule has 0 bridgehead atoms. The monoisotopic (exact) mass is 413 g/mol. The van der Waals surface area contributed by atoms with E-state index < -0.39 is 0 Å². The number of nitrogens with one attached hydrogen (secondary N) is 1. The highest BCUT2D eigenvalue weighted by Gasteiger charge is 2.17. The van der Waals surface area contributed by atoms with Crippen LogP contribution in [0, 0.1) is 0 Å². The van der Waals surface area contributed by atoms with Crippen LogP contribution in [-0.2, 0) is 17.7 Å². The lowest BCUT2D eigenvalue weighted by molar-refractivity contribution is 0.189. The summed E-state index contributed by atoms with van der Waals surface area (Å²) < 4.78 is 7.05. The van der Waals surface area contributed by atoms with Crippen molar-refractivity contribution in [2.75, 3.05) is 19.5 Å². The molecule has 0 fully saturated rings. The van der Waals surface area contributed by atoms with Gasteiger partial charge in [0.2, 0.25) is 0 Å². The second-order valence-corrected chi connectivity index (χ2v) is 7.45. The molecule has 0 aliphatic rings. The molecule has 156 valence electrons. The molecule has 5 aromatic rings. The van der Waals surface area contributed by atoms with Gasteiger partial charge < -0.3 is 15.5 Å². The van der Waals surface area contributed by atoms with Gasteiger partial charge in [0.15, 0.2) is 5.65 Å². The van der Waals surface area contributed by atoms with Crippen molar-refractivity contribution in [1.29, 1.82) is 0 Å². The van der Waals surface area contributed by atoms with E-state index in [1.54, 1.807) is 7.11 Å². The first-order chi connectivity index (χ1) is 15.2. The molecule has 0 saturated carbocycles. The highest BCUT2D eigenvalue weighted by molar-refractivity contribution is 5.99. The summed E-state index contributed by atoms with van der Waals surface area (Å²) in [5, 5.41) is 5.58. The van der Waals surface area contributed by atoms with Gasteiger partial charge in [-0.25, -0.2) is 19.6 Å². The number of H-pyrrole nitrogens is 1. The first-order valence-electron chi connectivity index (χ1n) is 10.2. The van der Waals surface area contributed by atoms with Crippen molar-refractivity contribution in [3.8, 4) is 11.3 Å². The molecule has 8 nitrogen and oxygen atoms in total. The van der Waals surface area contributed by atoms with Gasteiger partial charge in [-0.1, -0.05) is 36.4 Å². The summed E-state index contributed by atoms with van der Waals surface area (Å²) in [5.74, 6) is 1.35. The third kappa shape index (κ3) is 3.73. The molecular formula is C23H23N7O. The molecule has 0 spiro atoms. The number of hydrogen-bond acceptors (Lipinski definition) is 6. The first kappa shape index (κ1) is 19.2. The standard InChI is InChI=1S/C23H23N7O/c1-31-11-5-10-30-23-20(22(24)25-14-26-23)21(29-30)16-8-9-17-18(13-16)28-19(27-17)12-15-6-3-2-4-7-15/h2-4,6-9,13-14H,5,10-12H2,1H3,(H,27,28)(H2,24,25,26). The summed E-state index contributed by atoms with van der Waals surface area (Å²) >= 11 is 0. The van der Waals surface area contributed by atoms with E-state index in [0.717, 1.165) is 52.0 Å². The van der Waals surface area contributed by atoms with Gasteiger partial charge in [0, 0.05) is 32.2 Å². The molecule has 31 heavy (non-hydrogen) atoms.